The average molecular weight is 468 g/mol. The molecule has 3 aliphatic rings. The smallest absolute Gasteiger partial charge is 0.244 e. The molecule has 182 valence electrons. The predicted octanol–water partition coefficient (Wildman–Crippen LogP) is 2.32. The van der Waals surface area contributed by atoms with E-state index in [0.29, 0.717) is 6.54 Å². The number of amides is 3. The second-order valence-corrected chi connectivity index (χ2v) is 13.0. The molecule has 3 rings (SSSR count). The molecule has 3 saturated heterocycles. The zero-order chi connectivity index (χ0) is 24.1. The van der Waals surface area contributed by atoms with E-state index in [2.05, 4.69) is 17.6 Å². The zero-order valence-corrected chi connectivity index (χ0v) is 21.5. The van der Waals surface area contributed by atoms with E-state index in [0.717, 1.165) is 25.7 Å². The highest BCUT2D eigenvalue weighted by Crippen LogP contribution is 2.71. The van der Waals surface area contributed by atoms with Crippen LogP contribution in [0.1, 0.15) is 74.1 Å². The van der Waals surface area contributed by atoms with Gasteiger partial charge < -0.3 is 20.6 Å². The van der Waals surface area contributed by atoms with Crippen LogP contribution in [0.2, 0.25) is 0 Å². The van der Waals surface area contributed by atoms with E-state index in [1.807, 2.05) is 41.5 Å². The lowest BCUT2D eigenvalue weighted by Gasteiger charge is -2.40. The van der Waals surface area contributed by atoms with E-state index in [1.54, 1.807) is 16.7 Å². The van der Waals surface area contributed by atoms with E-state index in [4.69, 9.17) is 0 Å². The summed E-state index contributed by atoms with van der Waals surface area (Å²) in [5.41, 5.74) is -0.450. The van der Waals surface area contributed by atoms with Crippen molar-refractivity contribution in [3.05, 3.63) is 0 Å². The number of hydrogen-bond acceptors (Lipinski definition) is 5. The van der Waals surface area contributed by atoms with Gasteiger partial charge in [0.1, 0.15) is 6.04 Å². The molecule has 0 saturated carbocycles. The number of rotatable bonds is 8. The SMILES string of the molecule is CCCNC(=O)[C@H]1[C@H]2C(=O)N([C@@H](CO)[C@@H](C)CC)C(C(=O)NC(C)(C)C)C23CC[C@]1(C)S3. The Balaban J connectivity index is 2.10. The second kappa shape index (κ2) is 8.82. The third kappa shape index (κ3) is 3.95. The average Bonchev–Trinajstić information content (AvgIpc) is 3.26. The highest BCUT2D eigenvalue weighted by atomic mass is 32.2. The zero-order valence-electron chi connectivity index (χ0n) is 20.7. The monoisotopic (exact) mass is 467 g/mol. The molecule has 0 aromatic rings. The summed E-state index contributed by atoms with van der Waals surface area (Å²) in [6.07, 6.45) is 3.13. The first kappa shape index (κ1) is 25.3. The van der Waals surface area contributed by atoms with Gasteiger partial charge in [-0.2, -0.15) is 0 Å². The summed E-state index contributed by atoms with van der Waals surface area (Å²) in [5, 5.41) is 16.4. The summed E-state index contributed by atoms with van der Waals surface area (Å²) in [5.74, 6) is -1.38. The minimum absolute atomic E-state index is 0.0364. The molecule has 32 heavy (non-hydrogen) atoms. The first-order chi connectivity index (χ1) is 14.9. The van der Waals surface area contributed by atoms with Crippen molar-refractivity contribution in [3.8, 4) is 0 Å². The molecular weight excluding hydrogens is 426 g/mol. The van der Waals surface area contributed by atoms with Gasteiger partial charge in [0.05, 0.1) is 29.2 Å². The Bertz CT molecular complexity index is 769. The molecule has 0 aromatic carbocycles. The molecule has 7 nitrogen and oxygen atoms in total. The van der Waals surface area contributed by atoms with Crippen LogP contribution in [0.15, 0.2) is 0 Å². The van der Waals surface area contributed by atoms with Gasteiger partial charge in [-0.15, -0.1) is 11.8 Å². The lowest BCUT2D eigenvalue weighted by molar-refractivity contribution is -0.144. The summed E-state index contributed by atoms with van der Waals surface area (Å²) in [6, 6.07) is -1.14. The third-order valence-electron chi connectivity index (χ3n) is 7.64. The van der Waals surface area contributed by atoms with Crippen molar-refractivity contribution >= 4 is 29.5 Å². The van der Waals surface area contributed by atoms with E-state index < -0.39 is 34.2 Å². The number of nitrogens with zero attached hydrogens (tertiary/aromatic N) is 1. The normalized spacial score (nSPS) is 35.6. The van der Waals surface area contributed by atoms with Crippen LogP contribution in [0.3, 0.4) is 0 Å². The first-order valence-electron chi connectivity index (χ1n) is 12.1. The van der Waals surface area contributed by atoms with Gasteiger partial charge in [-0.05, 0) is 52.9 Å². The van der Waals surface area contributed by atoms with Crippen LogP contribution in [0.4, 0.5) is 0 Å². The summed E-state index contributed by atoms with van der Waals surface area (Å²) in [6.45, 7) is 14.3. The van der Waals surface area contributed by atoms with Gasteiger partial charge in [0.2, 0.25) is 17.7 Å². The van der Waals surface area contributed by atoms with Crippen molar-refractivity contribution < 1.29 is 19.5 Å². The molecule has 3 aliphatic heterocycles. The van der Waals surface area contributed by atoms with Gasteiger partial charge >= 0.3 is 0 Å². The van der Waals surface area contributed by atoms with E-state index in [9.17, 15) is 19.5 Å². The Labute approximate surface area is 196 Å². The molecule has 2 unspecified atom stereocenters. The van der Waals surface area contributed by atoms with Gasteiger partial charge in [0, 0.05) is 16.8 Å². The number of hydrogen-bond donors (Lipinski definition) is 3. The van der Waals surface area contributed by atoms with Gasteiger partial charge in [-0.25, -0.2) is 0 Å². The van der Waals surface area contributed by atoms with Crippen molar-refractivity contribution in [1.29, 1.82) is 0 Å². The third-order valence-corrected chi connectivity index (χ3v) is 9.62. The number of aliphatic hydroxyl groups is 1. The van der Waals surface area contributed by atoms with Crippen molar-refractivity contribution in [3.63, 3.8) is 0 Å². The van der Waals surface area contributed by atoms with Crippen molar-refractivity contribution in [2.24, 2.45) is 17.8 Å². The maximum atomic E-state index is 14.0. The molecule has 3 fully saturated rings. The van der Waals surface area contributed by atoms with Gasteiger partial charge in [-0.3, -0.25) is 14.4 Å². The number of carbonyl (C=O) groups is 3. The standard InChI is InChI=1S/C24H41N3O4S/c1-8-12-25-19(29)16-17-21(31)27(15(13-28)14(3)9-2)18(20(30)26-22(4,5)6)24(17)11-10-23(16,7)32-24/h14-18,28H,8-13H2,1-7H3,(H,25,29)(H,26,30)/t14-,15-,16+,17-,18?,23-,24?/m0/s1. The highest BCUT2D eigenvalue weighted by Gasteiger charge is 2.77. The molecule has 3 heterocycles. The first-order valence-corrected chi connectivity index (χ1v) is 12.9. The predicted molar refractivity (Wildman–Crippen MR) is 127 cm³/mol. The highest BCUT2D eigenvalue weighted by molar-refractivity contribution is 8.02. The summed E-state index contributed by atoms with van der Waals surface area (Å²) >= 11 is 1.67. The Kier molecular flexibility index (Phi) is 6.99. The molecular formula is C24H41N3O4S. The van der Waals surface area contributed by atoms with Crippen LogP contribution in [0.25, 0.3) is 0 Å². The van der Waals surface area contributed by atoms with Crippen LogP contribution in [-0.2, 0) is 14.4 Å². The van der Waals surface area contributed by atoms with Crippen LogP contribution in [-0.4, -0.2) is 68.0 Å². The second-order valence-electron chi connectivity index (χ2n) is 11.1. The molecule has 3 amide bonds. The molecule has 1 spiro atoms. The summed E-state index contributed by atoms with van der Waals surface area (Å²) in [4.78, 5) is 42.7. The van der Waals surface area contributed by atoms with Crippen molar-refractivity contribution in [2.75, 3.05) is 13.2 Å². The van der Waals surface area contributed by atoms with Crippen LogP contribution >= 0.6 is 11.8 Å². The number of fused-ring (bicyclic) bond motifs is 1. The molecule has 0 radical (unpaired) electrons. The fraction of sp³-hybridized carbons (Fsp3) is 0.875. The molecule has 2 bridgehead atoms. The Morgan fingerprint density at radius 3 is 2.44 bits per heavy atom. The molecule has 3 N–H and O–H groups in total. The van der Waals surface area contributed by atoms with E-state index >= 15 is 0 Å². The van der Waals surface area contributed by atoms with Gasteiger partial charge in [0.25, 0.3) is 0 Å². The van der Waals surface area contributed by atoms with Crippen LogP contribution < -0.4 is 10.6 Å². The minimum atomic E-state index is -0.693. The molecule has 7 atom stereocenters. The lowest BCUT2D eigenvalue weighted by atomic mass is 9.66. The molecule has 0 aliphatic carbocycles. The Morgan fingerprint density at radius 2 is 1.91 bits per heavy atom. The number of aliphatic hydroxyl groups excluding tert-OH is 1. The topological polar surface area (TPSA) is 98.7 Å². The summed E-state index contributed by atoms with van der Waals surface area (Å²) < 4.78 is -1.01. The fourth-order valence-corrected chi connectivity index (χ4v) is 8.37. The quantitative estimate of drug-likeness (QED) is 0.509. The Hall–Kier alpha value is -1.28. The summed E-state index contributed by atoms with van der Waals surface area (Å²) in [7, 11) is 0. The number of nitrogens with one attached hydrogen (secondary N) is 2. The van der Waals surface area contributed by atoms with Gasteiger partial charge in [0.15, 0.2) is 0 Å². The maximum Gasteiger partial charge on any atom is 0.244 e. The molecule has 8 heteroatoms. The maximum absolute atomic E-state index is 14.0. The number of thioether (sulfide) groups is 1. The van der Waals surface area contributed by atoms with Crippen molar-refractivity contribution in [2.45, 2.75) is 101 Å². The molecule has 0 aromatic heterocycles. The largest absolute Gasteiger partial charge is 0.394 e. The number of likely N-dealkylation sites (tertiary alicyclic amines) is 1. The number of carbonyl (C=O) groups excluding carboxylic acids is 3. The van der Waals surface area contributed by atoms with E-state index in [1.165, 1.54) is 0 Å². The lowest BCUT2D eigenvalue weighted by Crippen LogP contribution is -2.60. The minimum Gasteiger partial charge on any atom is -0.394 e. The fourth-order valence-electron chi connectivity index (χ4n) is 6.03. The van der Waals surface area contributed by atoms with Crippen LogP contribution in [0, 0.1) is 17.8 Å². The van der Waals surface area contributed by atoms with E-state index in [-0.39, 0.29) is 35.0 Å². The Morgan fingerprint density at radius 1 is 1.25 bits per heavy atom. The van der Waals surface area contributed by atoms with Gasteiger partial charge in [-0.1, -0.05) is 27.2 Å². The van der Waals surface area contributed by atoms with Crippen molar-refractivity contribution in [1.82, 2.24) is 15.5 Å². The van der Waals surface area contributed by atoms with Crippen LogP contribution in [0.5, 0.6) is 0 Å².